The maximum Gasteiger partial charge on any atom is 0.315 e. The van der Waals surface area contributed by atoms with Gasteiger partial charge in [0.2, 0.25) is 10.0 Å². The molecule has 8 heteroatoms. The van der Waals surface area contributed by atoms with Gasteiger partial charge in [0.15, 0.2) is 0 Å². The summed E-state index contributed by atoms with van der Waals surface area (Å²) in [5, 5.41) is 5.58. The van der Waals surface area contributed by atoms with Gasteiger partial charge >= 0.3 is 6.03 Å². The second-order valence-electron chi connectivity index (χ2n) is 6.63. The van der Waals surface area contributed by atoms with Crippen molar-refractivity contribution in [2.75, 3.05) is 25.4 Å². The first-order valence-corrected chi connectivity index (χ1v) is 10.2. The molecule has 0 aromatic heterocycles. The number of carbonyl (C=O) groups excluding carboxylic acids is 1. The van der Waals surface area contributed by atoms with E-state index in [0.717, 1.165) is 25.7 Å². The number of carbonyl (C=O) groups is 1. The van der Waals surface area contributed by atoms with Crippen LogP contribution in [0, 0.1) is 0 Å². The van der Waals surface area contributed by atoms with Crippen molar-refractivity contribution < 1.29 is 17.9 Å². The quantitative estimate of drug-likeness (QED) is 0.778. The van der Waals surface area contributed by atoms with Crippen LogP contribution in [0.1, 0.15) is 46.0 Å². The zero-order chi connectivity index (χ0) is 16.9. The molecule has 1 aliphatic carbocycles. The van der Waals surface area contributed by atoms with Gasteiger partial charge in [0.1, 0.15) is 0 Å². The summed E-state index contributed by atoms with van der Waals surface area (Å²) < 4.78 is 31.7. The average molecular weight is 347 g/mol. The van der Waals surface area contributed by atoms with E-state index in [1.165, 1.54) is 10.7 Å². The Labute approximate surface area is 139 Å². The lowest BCUT2D eigenvalue weighted by molar-refractivity contribution is -0.0440. The number of urea groups is 1. The van der Waals surface area contributed by atoms with E-state index in [9.17, 15) is 13.2 Å². The topological polar surface area (TPSA) is 87.7 Å². The summed E-state index contributed by atoms with van der Waals surface area (Å²) >= 11 is 0. The minimum absolute atomic E-state index is 0.0788. The Morgan fingerprint density at radius 2 is 1.74 bits per heavy atom. The lowest BCUT2D eigenvalue weighted by Gasteiger charge is -2.34. The molecule has 2 rings (SSSR count). The average Bonchev–Trinajstić information content (AvgIpc) is 2.47. The number of nitrogens with one attached hydrogen (secondary N) is 2. The highest BCUT2D eigenvalue weighted by molar-refractivity contribution is 7.89. The second kappa shape index (κ2) is 8.30. The van der Waals surface area contributed by atoms with Crippen molar-refractivity contribution in [2.45, 2.75) is 64.2 Å². The van der Waals surface area contributed by atoms with Gasteiger partial charge in [0.25, 0.3) is 0 Å². The van der Waals surface area contributed by atoms with Crippen LogP contribution in [0.25, 0.3) is 0 Å². The molecule has 0 bridgehead atoms. The molecule has 1 saturated carbocycles. The Bertz CT molecular complexity index is 481. The molecule has 7 nitrogen and oxygen atoms in total. The monoisotopic (exact) mass is 347 g/mol. The van der Waals surface area contributed by atoms with E-state index in [4.69, 9.17) is 4.74 Å². The van der Waals surface area contributed by atoms with Crippen molar-refractivity contribution in [2.24, 2.45) is 0 Å². The standard InChI is InChI=1S/C15H29N3O4S/c1-12-10-18(11-13(2)22-12)23(20,21)9-8-16-15(19)17-14-6-4-3-5-7-14/h12-14H,3-11H2,1-2H3,(H2,16,17,19)/t12-,13-/m0/s1. The summed E-state index contributed by atoms with van der Waals surface area (Å²) in [6.45, 7) is 4.62. The molecule has 0 spiro atoms. The van der Waals surface area contributed by atoms with Crippen LogP contribution in [0.5, 0.6) is 0 Å². The molecule has 1 aliphatic heterocycles. The highest BCUT2D eigenvalue weighted by Gasteiger charge is 2.30. The molecule has 23 heavy (non-hydrogen) atoms. The van der Waals surface area contributed by atoms with E-state index in [-0.39, 0.29) is 36.6 Å². The summed E-state index contributed by atoms with van der Waals surface area (Å²) in [5.74, 6) is -0.0788. The van der Waals surface area contributed by atoms with Crippen LogP contribution in [0.4, 0.5) is 4.79 Å². The van der Waals surface area contributed by atoms with E-state index in [1.807, 2.05) is 13.8 Å². The maximum atomic E-state index is 12.3. The van der Waals surface area contributed by atoms with Crippen molar-refractivity contribution in [3.05, 3.63) is 0 Å². The fourth-order valence-corrected chi connectivity index (χ4v) is 4.76. The second-order valence-corrected chi connectivity index (χ2v) is 8.71. The molecule has 2 fully saturated rings. The van der Waals surface area contributed by atoms with Gasteiger partial charge in [-0.25, -0.2) is 13.2 Å². The van der Waals surface area contributed by atoms with Crippen LogP contribution >= 0.6 is 0 Å². The first kappa shape index (κ1) is 18.5. The van der Waals surface area contributed by atoms with Crippen LogP contribution < -0.4 is 10.6 Å². The van der Waals surface area contributed by atoms with E-state index < -0.39 is 10.0 Å². The molecule has 2 aliphatic rings. The van der Waals surface area contributed by atoms with Crippen molar-refractivity contribution in [3.8, 4) is 0 Å². The third kappa shape index (κ3) is 5.93. The van der Waals surface area contributed by atoms with Gasteiger partial charge in [-0.15, -0.1) is 0 Å². The smallest absolute Gasteiger partial charge is 0.315 e. The van der Waals surface area contributed by atoms with Crippen molar-refractivity contribution in [1.82, 2.24) is 14.9 Å². The first-order chi connectivity index (χ1) is 10.9. The van der Waals surface area contributed by atoms with Gasteiger partial charge in [-0.2, -0.15) is 4.31 Å². The predicted octanol–water partition coefficient (Wildman–Crippen LogP) is 1.06. The van der Waals surface area contributed by atoms with E-state index >= 15 is 0 Å². The van der Waals surface area contributed by atoms with E-state index in [2.05, 4.69) is 10.6 Å². The first-order valence-electron chi connectivity index (χ1n) is 8.54. The molecule has 1 saturated heterocycles. The molecule has 1 heterocycles. The van der Waals surface area contributed by atoms with Crippen LogP contribution in [-0.2, 0) is 14.8 Å². The molecule has 0 unspecified atom stereocenters. The van der Waals surface area contributed by atoms with Crippen molar-refractivity contribution in [1.29, 1.82) is 0 Å². The molecule has 134 valence electrons. The van der Waals surface area contributed by atoms with E-state index in [0.29, 0.717) is 13.1 Å². The van der Waals surface area contributed by atoms with Gasteiger partial charge in [-0.05, 0) is 26.7 Å². The highest BCUT2D eigenvalue weighted by Crippen LogP contribution is 2.17. The summed E-state index contributed by atoms with van der Waals surface area (Å²) in [5.41, 5.74) is 0. The van der Waals surface area contributed by atoms with Gasteiger partial charge < -0.3 is 15.4 Å². The molecular weight excluding hydrogens is 318 g/mol. The minimum Gasteiger partial charge on any atom is -0.373 e. The fraction of sp³-hybridized carbons (Fsp3) is 0.933. The number of nitrogens with zero attached hydrogens (tertiary/aromatic N) is 1. The number of rotatable bonds is 5. The molecular formula is C15H29N3O4S. The predicted molar refractivity (Wildman–Crippen MR) is 88.8 cm³/mol. The van der Waals surface area contributed by atoms with Gasteiger partial charge in [0, 0.05) is 25.7 Å². The van der Waals surface area contributed by atoms with Crippen LogP contribution in [0.3, 0.4) is 0 Å². The van der Waals surface area contributed by atoms with E-state index in [1.54, 1.807) is 0 Å². The Morgan fingerprint density at radius 1 is 1.13 bits per heavy atom. The number of hydrogen-bond acceptors (Lipinski definition) is 4. The van der Waals surface area contributed by atoms with Gasteiger partial charge in [0.05, 0.1) is 18.0 Å². The Balaban J connectivity index is 1.72. The molecule has 0 aromatic rings. The third-order valence-electron chi connectivity index (χ3n) is 4.37. The summed E-state index contributed by atoms with van der Waals surface area (Å²) in [4.78, 5) is 11.8. The van der Waals surface area contributed by atoms with Crippen LogP contribution in [0.2, 0.25) is 0 Å². The Hall–Kier alpha value is -0.860. The SMILES string of the molecule is C[C@H]1CN(S(=O)(=O)CCNC(=O)NC2CCCCC2)C[C@H](C)O1. The minimum atomic E-state index is -3.37. The lowest BCUT2D eigenvalue weighted by atomic mass is 9.96. The normalized spacial score (nSPS) is 27.6. The maximum absolute atomic E-state index is 12.3. The number of amides is 2. The molecule has 0 radical (unpaired) electrons. The fourth-order valence-electron chi connectivity index (χ4n) is 3.26. The molecule has 0 aromatic carbocycles. The number of sulfonamides is 1. The van der Waals surface area contributed by atoms with Crippen molar-refractivity contribution in [3.63, 3.8) is 0 Å². The van der Waals surface area contributed by atoms with Gasteiger partial charge in [-0.1, -0.05) is 19.3 Å². The zero-order valence-electron chi connectivity index (χ0n) is 14.1. The molecule has 2 atom stereocenters. The Kier molecular flexibility index (Phi) is 6.67. The number of hydrogen-bond donors (Lipinski definition) is 2. The zero-order valence-corrected chi connectivity index (χ0v) is 14.9. The summed E-state index contributed by atoms with van der Waals surface area (Å²) in [7, 11) is -3.37. The number of ether oxygens (including phenoxy) is 1. The molecule has 2 N–H and O–H groups in total. The third-order valence-corrected chi connectivity index (χ3v) is 6.17. The Morgan fingerprint density at radius 3 is 2.35 bits per heavy atom. The largest absolute Gasteiger partial charge is 0.373 e. The van der Waals surface area contributed by atoms with Crippen LogP contribution in [-0.4, -0.2) is 62.4 Å². The number of morpholine rings is 1. The van der Waals surface area contributed by atoms with Crippen LogP contribution in [0.15, 0.2) is 0 Å². The molecule has 2 amide bonds. The summed E-state index contributed by atoms with van der Waals surface area (Å²) in [6, 6.07) is -0.0443. The highest BCUT2D eigenvalue weighted by atomic mass is 32.2. The van der Waals surface area contributed by atoms with Crippen molar-refractivity contribution >= 4 is 16.1 Å². The lowest BCUT2D eigenvalue weighted by Crippen LogP contribution is -2.50. The van der Waals surface area contributed by atoms with Gasteiger partial charge in [-0.3, -0.25) is 0 Å². The summed E-state index contributed by atoms with van der Waals surface area (Å²) in [6.07, 6.45) is 5.34.